The number of hydrogen-bond donors (Lipinski definition) is 1. The van der Waals surface area contributed by atoms with Gasteiger partial charge >= 0.3 is 0 Å². The first kappa shape index (κ1) is 10.0. The zero-order valence-corrected chi connectivity index (χ0v) is 8.34. The van der Waals surface area contributed by atoms with E-state index in [0.717, 1.165) is 0 Å². The maximum absolute atomic E-state index is 14.1. The van der Waals surface area contributed by atoms with Crippen LogP contribution >= 0.6 is 0 Å². The lowest BCUT2D eigenvalue weighted by Gasteiger charge is -2.26. The Kier molecular flexibility index (Phi) is 2.60. The minimum absolute atomic E-state index is 0.0720. The van der Waals surface area contributed by atoms with E-state index in [1.807, 2.05) is 26.0 Å². The summed E-state index contributed by atoms with van der Waals surface area (Å²) in [6.45, 7) is 5.28. The topological polar surface area (TPSA) is 26.0 Å². The van der Waals surface area contributed by atoms with Crippen LogP contribution in [-0.2, 0) is 5.67 Å². The second kappa shape index (κ2) is 3.36. The van der Waals surface area contributed by atoms with Gasteiger partial charge in [-0.05, 0) is 18.9 Å². The van der Waals surface area contributed by atoms with Crippen LogP contribution in [0.25, 0.3) is 0 Å². The summed E-state index contributed by atoms with van der Waals surface area (Å²) in [5, 5.41) is 0. The van der Waals surface area contributed by atoms with Crippen LogP contribution in [0, 0.1) is 5.92 Å². The zero-order valence-electron chi connectivity index (χ0n) is 8.34. The predicted molar refractivity (Wildman–Crippen MR) is 54.2 cm³/mol. The van der Waals surface area contributed by atoms with E-state index in [9.17, 15) is 4.39 Å². The molecule has 0 aliphatic carbocycles. The lowest BCUT2D eigenvalue weighted by Crippen LogP contribution is -2.23. The Labute approximate surface area is 78.8 Å². The van der Waals surface area contributed by atoms with Crippen LogP contribution in [0.15, 0.2) is 24.3 Å². The first-order valence-electron chi connectivity index (χ1n) is 4.50. The lowest BCUT2D eigenvalue weighted by molar-refractivity contribution is 0.124. The fourth-order valence-electron chi connectivity index (χ4n) is 1.25. The average molecular weight is 181 g/mol. The largest absolute Gasteiger partial charge is 0.398 e. The summed E-state index contributed by atoms with van der Waals surface area (Å²) in [7, 11) is 0. The third kappa shape index (κ3) is 1.82. The molecule has 13 heavy (non-hydrogen) atoms. The molecule has 1 aromatic carbocycles. The zero-order chi connectivity index (χ0) is 10.1. The van der Waals surface area contributed by atoms with Crippen LogP contribution in [0.3, 0.4) is 0 Å². The van der Waals surface area contributed by atoms with Crippen molar-refractivity contribution in [3.05, 3.63) is 29.8 Å². The number of alkyl halides is 1. The summed E-state index contributed by atoms with van der Waals surface area (Å²) in [5.41, 5.74) is 5.48. The van der Waals surface area contributed by atoms with Crippen molar-refractivity contribution in [2.45, 2.75) is 26.4 Å². The summed E-state index contributed by atoms with van der Waals surface area (Å²) >= 11 is 0. The average Bonchev–Trinajstić information content (AvgIpc) is 2.04. The van der Waals surface area contributed by atoms with Crippen molar-refractivity contribution < 1.29 is 4.39 Å². The Morgan fingerprint density at radius 3 is 2.31 bits per heavy atom. The Balaban J connectivity index is 3.14. The molecule has 0 aliphatic rings. The molecule has 2 N–H and O–H groups in total. The number of hydrogen-bond acceptors (Lipinski definition) is 1. The normalized spacial score (nSPS) is 15.8. The van der Waals surface area contributed by atoms with Gasteiger partial charge in [0.25, 0.3) is 0 Å². The molecule has 1 aromatic rings. The van der Waals surface area contributed by atoms with Gasteiger partial charge in [0.1, 0.15) is 5.67 Å². The summed E-state index contributed by atoms with van der Waals surface area (Å²) < 4.78 is 14.1. The molecule has 1 unspecified atom stereocenters. The number of benzene rings is 1. The minimum atomic E-state index is -1.34. The van der Waals surface area contributed by atoms with Gasteiger partial charge in [0, 0.05) is 11.3 Å². The molecule has 0 aromatic heterocycles. The molecule has 0 fully saturated rings. The van der Waals surface area contributed by atoms with E-state index in [1.54, 1.807) is 19.1 Å². The predicted octanol–water partition coefficient (Wildman–Crippen LogP) is 3.11. The molecular weight excluding hydrogens is 165 g/mol. The molecule has 1 rings (SSSR count). The molecule has 2 heteroatoms. The molecule has 0 aliphatic heterocycles. The smallest absolute Gasteiger partial charge is 0.137 e. The van der Waals surface area contributed by atoms with Crippen LogP contribution < -0.4 is 5.73 Å². The first-order chi connectivity index (χ1) is 5.96. The molecule has 0 saturated heterocycles. The molecule has 0 heterocycles. The number of nitrogen functional groups attached to an aromatic ring is 1. The van der Waals surface area contributed by atoms with Gasteiger partial charge in [-0.25, -0.2) is 4.39 Å². The van der Waals surface area contributed by atoms with Gasteiger partial charge in [0.05, 0.1) is 0 Å². The van der Waals surface area contributed by atoms with Gasteiger partial charge in [0.2, 0.25) is 0 Å². The SMILES string of the molecule is CC(C)C(C)(F)c1ccccc1N. The van der Waals surface area contributed by atoms with E-state index in [0.29, 0.717) is 11.3 Å². The highest BCUT2D eigenvalue weighted by Crippen LogP contribution is 2.36. The third-order valence-corrected chi connectivity index (χ3v) is 2.57. The van der Waals surface area contributed by atoms with Crippen molar-refractivity contribution in [3.63, 3.8) is 0 Å². The Hall–Kier alpha value is -1.05. The third-order valence-electron chi connectivity index (χ3n) is 2.57. The fraction of sp³-hybridized carbons (Fsp3) is 0.455. The molecule has 0 saturated carbocycles. The number of nitrogens with two attached hydrogens (primary N) is 1. The Bertz CT molecular complexity index is 292. The summed E-state index contributed by atoms with van der Waals surface area (Å²) in [6.07, 6.45) is 0. The molecule has 0 spiro atoms. The highest BCUT2D eigenvalue weighted by atomic mass is 19.1. The highest BCUT2D eigenvalue weighted by molar-refractivity contribution is 5.49. The van der Waals surface area contributed by atoms with Gasteiger partial charge in [-0.15, -0.1) is 0 Å². The van der Waals surface area contributed by atoms with Crippen molar-refractivity contribution in [1.29, 1.82) is 0 Å². The van der Waals surface area contributed by atoms with E-state index in [2.05, 4.69) is 0 Å². The molecule has 1 atom stereocenters. The molecular formula is C11H16FN. The summed E-state index contributed by atoms with van der Waals surface area (Å²) in [6, 6.07) is 7.10. The van der Waals surface area contributed by atoms with Crippen LogP contribution in [0.4, 0.5) is 10.1 Å². The van der Waals surface area contributed by atoms with E-state index in [1.165, 1.54) is 0 Å². The molecule has 72 valence electrons. The molecule has 0 radical (unpaired) electrons. The van der Waals surface area contributed by atoms with Crippen molar-refractivity contribution in [3.8, 4) is 0 Å². The first-order valence-corrected chi connectivity index (χ1v) is 4.50. The number of rotatable bonds is 2. The van der Waals surface area contributed by atoms with E-state index >= 15 is 0 Å². The van der Waals surface area contributed by atoms with Crippen molar-refractivity contribution in [2.75, 3.05) is 5.73 Å². The van der Waals surface area contributed by atoms with Crippen molar-refractivity contribution in [1.82, 2.24) is 0 Å². The molecule has 0 bridgehead atoms. The van der Waals surface area contributed by atoms with Crippen molar-refractivity contribution >= 4 is 5.69 Å². The Morgan fingerprint density at radius 2 is 1.85 bits per heavy atom. The van der Waals surface area contributed by atoms with Crippen LogP contribution in [-0.4, -0.2) is 0 Å². The minimum Gasteiger partial charge on any atom is -0.398 e. The summed E-state index contributed by atoms with van der Waals surface area (Å²) in [5.74, 6) is -0.0720. The maximum atomic E-state index is 14.1. The van der Waals surface area contributed by atoms with Crippen molar-refractivity contribution in [2.24, 2.45) is 5.92 Å². The van der Waals surface area contributed by atoms with Crippen LogP contribution in [0.2, 0.25) is 0 Å². The van der Waals surface area contributed by atoms with Gasteiger partial charge in [-0.2, -0.15) is 0 Å². The monoisotopic (exact) mass is 181 g/mol. The van der Waals surface area contributed by atoms with E-state index in [-0.39, 0.29) is 5.92 Å². The second-order valence-corrected chi connectivity index (χ2v) is 3.82. The van der Waals surface area contributed by atoms with Crippen LogP contribution in [0.5, 0.6) is 0 Å². The van der Waals surface area contributed by atoms with Crippen LogP contribution in [0.1, 0.15) is 26.3 Å². The number of halogens is 1. The quantitative estimate of drug-likeness (QED) is 0.697. The van der Waals surface area contributed by atoms with E-state index in [4.69, 9.17) is 5.73 Å². The highest BCUT2D eigenvalue weighted by Gasteiger charge is 2.31. The fourth-order valence-corrected chi connectivity index (χ4v) is 1.25. The lowest BCUT2D eigenvalue weighted by atomic mass is 9.86. The molecule has 0 amide bonds. The standard InChI is InChI=1S/C11H16FN/c1-8(2)11(3,12)9-6-4-5-7-10(9)13/h4-8H,13H2,1-3H3. The van der Waals surface area contributed by atoms with Gasteiger partial charge < -0.3 is 5.73 Å². The van der Waals surface area contributed by atoms with Gasteiger partial charge in [0.15, 0.2) is 0 Å². The Morgan fingerprint density at radius 1 is 1.31 bits per heavy atom. The number of anilines is 1. The maximum Gasteiger partial charge on any atom is 0.137 e. The number of para-hydroxylation sites is 1. The van der Waals surface area contributed by atoms with E-state index < -0.39 is 5.67 Å². The molecule has 1 nitrogen and oxygen atoms in total. The summed E-state index contributed by atoms with van der Waals surface area (Å²) in [4.78, 5) is 0. The van der Waals surface area contributed by atoms with Gasteiger partial charge in [-0.3, -0.25) is 0 Å². The van der Waals surface area contributed by atoms with Gasteiger partial charge in [-0.1, -0.05) is 32.0 Å². The second-order valence-electron chi connectivity index (χ2n) is 3.82.